The highest BCUT2D eigenvalue weighted by molar-refractivity contribution is 5.80. The Bertz CT molecular complexity index is 450. The SMILES string of the molecule is CN=C(NCC(C)(C)c1ccc(C)cc1)NC(C)(C)C. The largest absolute Gasteiger partial charge is 0.356 e. The van der Waals surface area contributed by atoms with Crippen molar-refractivity contribution in [1.29, 1.82) is 0 Å². The van der Waals surface area contributed by atoms with Gasteiger partial charge in [0.15, 0.2) is 5.96 Å². The van der Waals surface area contributed by atoms with Gasteiger partial charge in [0.1, 0.15) is 0 Å². The molecule has 0 saturated carbocycles. The van der Waals surface area contributed by atoms with E-state index in [0.29, 0.717) is 0 Å². The quantitative estimate of drug-likeness (QED) is 0.656. The summed E-state index contributed by atoms with van der Waals surface area (Å²) in [6, 6.07) is 8.74. The second kappa shape index (κ2) is 6.29. The Morgan fingerprint density at radius 1 is 1.05 bits per heavy atom. The Labute approximate surface area is 123 Å². The molecule has 0 aliphatic carbocycles. The second-order valence-corrected chi connectivity index (χ2v) is 7.05. The summed E-state index contributed by atoms with van der Waals surface area (Å²) in [6.45, 7) is 13.8. The lowest BCUT2D eigenvalue weighted by Gasteiger charge is -2.29. The van der Waals surface area contributed by atoms with Crippen molar-refractivity contribution in [3.63, 3.8) is 0 Å². The van der Waals surface area contributed by atoms with E-state index in [4.69, 9.17) is 0 Å². The first-order chi connectivity index (χ1) is 9.14. The minimum atomic E-state index is 0.00977. The van der Waals surface area contributed by atoms with Crippen LogP contribution in [0.5, 0.6) is 0 Å². The third kappa shape index (κ3) is 5.24. The summed E-state index contributed by atoms with van der Waals surface area (Å²) in [5.74, 6) is 0.845. The molecule has 0 bridgehead atoms. The molecular formula is C17H29N3. The normalized spacial score (nSPS) is 13.2. The zero-order valence-corrected chi connectivity index (χ0v) is 14.0. The lowest BCUT2D eigenvalue weighted by atomic mass is 9.84. The number of rotatable bonds is 3. The first-order valence-corrected chi connectivity index (χ1v) is 7.20. The van der Waals surface area contributed by atoms with E-state index in [-0.39, 0.29) is 11.0 Å². The number of hydrogen-bond acceptors (Lipinski definition) is 1. The molecule has 3 nitrogen and oxygen atoms in total. The van der Waals surface area contributed by atoms with Crippen molar-refractivity contribution in [1.82, 2.24) is 10.6 Å². The van der Waals surface area contributed by atoms with Gasteiger partial charge in [-0.25, -0.2) is 0 Å². The fourth-order valence-corrected chi connectivity index (χ4v) is 1.95. The van der Waals surface area contributed by atoms with Crippen molar-refractivity contribution < 1.29 is 0 Å². The predicted octanol–water partition coefficient (Wildman–Crippen LogP) is 3.24. The van der Waals surface area contributed by atoms with Crippen LogP contribution in [-0.4, -0.2) is 25.1 Å². The van der Waals surface area contributed by atoms with Gasteiger partial charge in [-0.2, -0.15) is 0 Å². The molecule has 0 fully saturated rings. The molecule has 1 aromatic rings. The molecule has 0 aliphatic heterocycles. The number of aliphatic imine (C=N–C) groups is 1. The van der Waals surface area contributed by atoms with Crippen molar-refractivity contribution in [2.45, 2.75) is 52.5 Å². The lowest BCUT2D eigenvalue weighted by molar-refractivity contribution is 0.476. The van der Waals surface area contributed by atoms with Crippen LogP contribution in [0.25, 0.3) is 0 Å². The molecule has 112 valence electrons. The Kier molecular flexibility index (Phi) is 5.21. The molecule has 0 radical (unpaired) electrons. The molecule has 0 unspecified atom stereocenters. The minimum absolute atomic E-state index is 0.00977. The van der Waals surface area contributed by atoms with Gasteiger partial charge < -0.3 is 10.6 Å². The summed E-state index contributed by atoms with van der Waals surface area (Å²) < 4.78 is 0. The van der Waals surface area contributed by atoms with Gasteiger partial charge in [0.05, 0.1) is 0 Å². The highest BCUT2D eigenvalue weighted by atomic mass is 15.2. The molecule has 20 heavy (non-hydrogen) atoms. The minimum Gasteiger partial charge on any atom is -0.356 e. The van der Waals surface area contributed by atoms with Crippen molar-refractivity contribution in [3.8, 4) is 0 Å². The van der Waals surface area contributed by atoms with Crippen molar-refractivity contribution in [2.24, 2.45) is 4.99 Å². The number of guanidine groups is 1. The Morgan fingerprint density at radius 3 is 2.05 bits per heavy atom. The summed E-state index contributed by atoms with van der Waals surface area (Å²) in [6.07, 6.45) is 0. The molecule has 0 aromatic heterocycles. The number of aryl methyl sites for hydroxylation is 1. The van der Waals surface area contributed by atoms with Crippen LogP contribution in [0, 0.1) is 6.92 Å². The van der Waals surface area contributed by atoms with Crippen molar-refractivity contribution >= 4 is 5.96 Å². The second-order valence-electron chi connectivity index (χ2n) is 7.05. The first kappa shape index (κ1) is 16.5. The van der Waals surface area contributed by atoms with E-state index in [0.717, 1.165) is 12.5 Å². The van der Waals surface area contributed by atoms with Crippen molar-refractivity contribution in [2.75, 3.05) is 13.6 Å². The lowest BCUT2D eigenvalue weighted by Crippen LogP contribution is -2.50. The predicted molar refractivity (Wildman–Crippen MR) is 88.5 cm³/mol. The van der Waals surface area contributed by atoms with E-state index in [2.05, 4.69) is 81.4 Å². The van der Waals surface area contributed by atoms with Gasteiger partial charge in [0.2, 0.25) is 0 Å². The zero-order chi connectivity index (χ0) is 15.4. The van der Waals surface area contributed by atoms with Gasteiger partial charge in [-0.15, -0.1) is 0 Å². The van der Waals surface area contributed by atoms with E-state index in [1.807, 2.05) is 0 Å². The number of nitrogens with zero attached hydrogens (tertiary/aromatic N) is 1. The van der Waals surface area contributed by atoms with Crippen LogP contribution in [0.4, 0.5) is 0 Å². The topological polar surface area (TPSA) is 36.4 Å². The van der Waals surface area contributed by atoms with Crippen LogP contribution in [0.2, 0.25) is 0 Å². The number of nitrogens with one attached hydrogen (secondary N) is 2. The fourth-order valence-electron chi connectivity index (χ4n) is 1.95. The first-order valence-electron chi connectivity index (χ1n) is 7.20. The number of benzene rings is 1. The Balaban J connectivity index is 2.69. The van der Waals surface area contributed by atoms with Crippen LogP contribution in [0.1, 0.15) is 45.7 Å². The Morgan fingerprint density at radius 2 is 1.60 bits per heavy atom. The molecule has 2 N–H and O–H groups in total. The molecule has 0 spiro atoms. The van der Waals surface area contributed by atoms with Gasteiger partial charge in [0.25, 0.3) is 0 Å². The zero-order valence-electron chi connectivity index (χ0n) is 14.0. The molecule has 0 aliphatic rings. The summed E-state index contributed by atoms with van der Waals surface area (Å²) in [5.41, 5.74) is 2.70. The van der Waals surface area contributed by atoms with E-state index >= 15 is 0 Å². The van der Waals surface area contributed by atoms with Gasteiger partial charge in [0, 0.05) is 24.5 Å². The van der Waals surface area contributed by atoms with Crippen LogP contribution in [0.3, 0.4) is 0 Å². The summed E-state index contributed by atoms with van der Waals surface area (Å²) in [7, 11) is 1.81. The third-order valence-corrected chi connectivity index (χ3v) is 3.25. The van der Waals surface area contributed by atoms with E-state index < -0.39 is 0 Å². The number of hydrogen-bond donors (Lipinski definition) is 2. The van der Waals surface area contributed by atoms with Gasteiger partial charge in [-0.3, -0.25) is 4.99 Å². The maximum Gasteiger partial charge on any atom is 0.191 e. The van der Waals surface area contributed by atoms with E-state index in [1.165, 1.54) is 11.1 Å². The molecule has 1 rings (SSSR count). The van der Waals surface area contributed by atoms with E-state index in [1.54, 1.807) is 7.05 Å². The standard InChI is InChI=1S/C17H29N3/c1-13-8-10-14(11-9-13)17(5,6)12-19-15(18-7)20-16(2,3)4/h8-11H,12H2,1-7H3,(H2,18,19,20). The summed E-state index contributed by atoms with van der Waals surface area (Å²) >= 11 is 0. The van der Waals surface area contributed by atoms with Gasteiger partial charge >= 0.3 is 0 Å². The van der Waals surface area contributed by atoms with Gasteiger partial charge in [-0.1, -0.05) is 43.7 Å². The molecule has 0 amide bonds. The van der Waals surface area contributed by atoms with Crippen LogP contribution >= 0.6 is 0 Å². The highest BCUT2D eigenvalue weighted by Gasteiger charge is 2.21. The van der Waals surface area contributed by atoms with Gasteiger partial charge in [-0.05, 0) is 33.3 Å². The maximum atomic E-state index is 4.28. The average molecular weight is 275 g/mol. The van der Waals surface area contributed by atoms with Crippen LogP contribution < -0.4 is 10.6 Å². The van der Waals surface area contributed by atoms with Crippen LogP contribution in [0.15, 0.2) is 29.3 Å². The summed E-state index contributed by atoms with van der Waals surface area (Å²) in [5, 5.41) is 6.80. The molecule has 0 heterocycles. The molecular weight excluding hydrogens is 246 g/mol. The molecule has 0 saturated heterocycles. The fraction of sp³-hybridized carbons (Fsp3) is 0.588. The smallest absolute Gasteiger partial charge is 0.191 e. The highest BCUT2D eigenvalue weighted by Crippen LogP contribution is 2.22. The summed E-state index contributed by atoms with van der Waals surface area (Å²) in [4.78, 5) is 4.28. The monoisotopic (exact) mass is 275 g/mol. The molecule has 1 aromatic carbocycles. The third-order valence-electron chi connectivity index (χ3n) is 3.25. The molecule has 3 heteroatoms. The van der Waals surface area contributed by atoms with E-state index in [9.17, 15) is 0 Å². The molecule has 0 atom stereocenters. The Hall–Kier alpha value is -1.51. The van der Waals surface area contributed by atoms with Crippen LogP contribution in [-0.2, 0) is 5.41 Å². The maximum absolute atomic E-state index is 4.28. The van der Waals surface area contributed by atoms with Crippen molar-refractivity contribution in [3.05, 3.63) is 35.4 Å². The average Bonchev–Trinajstić information content (AvgIpc) is 2.33.